The zero-order chi connectivity index (χ0) is 26.0. The van der Waals surface area contributed by atoms with Crippen LogP contribution < -0.4 is 16.8 Å². The highest BCUT2D eigenvalue weighted by Gasteiger charge is 2.37. The first kappa shape index (κ1) is 26.5. The summed E-state index contributed by atoms with van der Waals surface area (Å²) in [4.78, 5) is 30.8. The zero-order valence-corrected chi connectivity index (χ0v) is 21.3. The number of carbonyl (C=O) groups excluding carboxylic acids is 2. The Morgan fingerprint density at radius 2 is 1.46 bits per heavy atom. The van der Waals surface area contributed by atoms with Gasteiger partial charge in [0, 0.05) is 39.3 Å². The maximum atomic E-state index is 13.4. The lowest BCUT2D eigenvalue weighted by molar-refractivity contribution is -0.145. The third-order valence-corrected chi connectivity index (χ3v) is 6.93. The molecule has 0 bridgehead atoms. The van der Waals surface area contributed by atoms with E-state index in [1.54, 1.807) is 4.90 Å². The number of nitrogens with one attached hydrogen (secondary N) is 1. The van der Waals surface area contributed by atoms with Gasteiger partial charge in [0.15, 0.2) is 0 Å². The Bertz CT molecular complexity index is 1140. The number of benzene rings is 3. The molecule has 0 spiro atoms. The van der Waals surface area contributed by atoms with Crippen LogP contribution in [0.2, 0.25) is 0 Å². The van der Waals surface area contributed by atoms with Crippen LogP contribution in [0.3, 0.4) is 0 Å². The molecule has 0 aliphatic carbocycles. The van der Waals surface area contributed by atoms with E-state index in [1.165, 1.54) is 5.56 Å². The fourth-order valence-electron chi connectivity index (χ4n) is 4.72. The van der Waals surface area contributed by atoms with Gasteiger partial charge in [-0.15, -0.1) is 0 Å². The van der Waals surface area contributed by atoms with Gasteiger partial charge in [-0.25, -0.2) is 0 Å². The van der Waals surface area contributed by atoms with E-state index in [2.05, 4.69) is 22.3 Å². The highest BCUT2D eigenvalue weighted by molar-refractivity contribution is 5.90. The van der Waals surface area contributed by atoms with Gasteiger partial charge < -0.3 is 21.7 Å². The number of amides is 2. The fourth-order valence-corrected chi connectivity index (χ4v) is 4.72. The summed E-state index contributed by atoms with van der Waals surface area (Å²) < 4.78 is 0. The van der Waals surface area contributed by atoms with Crippen molar-refractivity contribution >= 4 is 11.8 Å². The van der Waals surface area contributed by atoms with E-state index in [0.717, 1.165) is 29.7 Å². The van der Waals surface area contributed by atoms with Crippen LogP contribution in [0.15, 0.2) is 84.9 Å². The number of hydrogen-bond acceptors (Lipinski definition) is 5. The van der Waals surface area contributed by atoms with Gasteiger partial charge in [-0.2, -0.15) is 0 Å². The molecule has 7 nitrogen and oxygen atoms in total. The van der Waals surface area contributed by atoms with E-state index in [9.17, 15) is 9.59 Å². The summed E-state index contributed by atoms with van der Waals surface area (Å²) in [6.45, 7) is 3.22. The van der Waals surface area contributed by atoms with Gasteiger partial charge in [0.1, 0.15) is 6.04 Å². The summed E-state index contributed by atoms with van der Waals surface area (Å²) in [7, 11) is 0. The predicted molar refractivity (Wildman–Crippen MR) is 146 cm³/mol. The van der Waals surface area contributed by atoms with Crippen molar-refractivity contribution in [3.8, 4) is 0 Å². The lowest BCUT2D eigenvalue weighted by Crippen LogP contribution is -2.62. The number of nitrogens with two attached hydrogens (primary N) is 2. The second-order valence-corrected chi connectivity index (χ2v) is 9.64. The third-order valence-electron chi connectivity index (χ3n) is 6.93. The molecule has 1 aliphatic heterocycles. The molecule has 0 aromatic heterocycles. The maximum absolute atomic E-state index is 13.4. The highest BCUT2D eigenvalue weighted by atomic mass is 16.2. The standard InChI is InChI=1S/C30H37N5O2/c31-19-24-11-13-25(14-12-24)20-33-29(36)28-22-34(21-26-9-5-2-6-10-26)17-18-35(28)30(37)27(32)16-15-23-7-3-1-4-8-23/h1-14,27-28H,15-22,31-32H2,(H,33,36). The molecule has 1 saturated heterocycles. The summed E-state index contributed by atoms with van der Waals surface area (Å²) in [6.07, 6.45) is 1.26. The van der Waals surface area contributed by atoms with Crippen LogP contribution in [0.25, 0.3) is 0 Å². The molecule has 7 heteroatoms. The van der Waals surface area contributed by atoms with Crippen LogP contribution in [0, 0.1) is 0 Å². The van der Waals surface area contributed by atoms with E-state index in [1.807, 2.05) is 72.8 Å². The maximum Gasteiger partial charge on any atom is 0.244 e. The minimum absolute atomic E-state index is 0.163. The SMILES string of the molecule is NCc1ccc(CNC(=O)C2CN(Cc3ccccc3)CCN2C(=O)C(N)CCc2ccccc2)cc1. The third kappa shape index (κ3) is 7.49. The summed E-state index contributed by atoms with van der Waals surface area (Å²) in [5.41, 5.74) is 16.4. The summed E-state index contributed by atoms with van der Waals surface area (Å²) in [6, 6.07) is 26.8. The molecule has 194 valence electrons. The van der Waals surface area contributed by atoms with E-state index in [4.69, 9.17) is 11.5 Å². The second kappa shape index (κ2) is 13.1. The van der Waals surface area contributed by atoms with E-state index >= 15 is 0 Å². The number of aryl methyl sites for hydroxylation is 1. The smallest absolute Gasteiger partial charge is 0.244 e. The van der Waals surface area contributed by atoms with E-state index < -0.39 is 12.1 Å². The van der Waals surface area contributed by atoms with Gasteiger partial charge in [0.25, 0.3) is 0 Å². The van der Waals surface area contributed by atoms with Crippen molar-refractivity contribution in [2.75, 3.05) is 19.6 Å². The molecule has 1 aliphatic rings. The Labute approximate surface area is 219 Å². The first-order valence-electron chi connectivity index (χ1n) is 13.0. The van der Waals surface area contributed by atoms with Gasteiger partial charge in [-0.3, -0.25) is 14.5 Å². The molecule has 2 amide bonds. The molecule has 0 saturated carbocycles. The Balaban J connectivity index is 1.42. The average Bonchev–Trinajstić information content (AvgIpc) is 2.95. The largest absolute Gasteiger partial charge is 0.350 e. The molecule has 2 unspecified atom stereocenters. The average molecular weight is 500 g/mol. The molecule has 1 fully saturated rings. The normalized spacial score (nSPS) is 16.8. The van der Waals surface area contributed by atoms with Gasteiger partial charge in [-0.1, -0.05) is 84.9 Å². The van der Waals surface area contributed by atoms with E-state index in [-0.39, 0.29) is 11.8 Å². The van der Waals surface area contributed by atoms with Crippen molar-refractivity contribution in [3.05, 3.63) is 107 Å². The van der Waals surface area contributed by atoms with Crippen LogP contribution in [0.5, 0.6) is 0 Å². The molecule has 5 N–H and O–H groups in total. The molecule has 4 rings (SSSR count). The number of hydrogen-bond donors (Lipinski definition) is 3. The van der Waals surface area contributed by atoms with Crippen molar-refractivity contribution in [1.82, 2.24) is 15.1 Å². The summed E-state index contributed by atoms with van der Waals surface area (Å²) >= 11 is 0. The van der Waals surface area contributed by atoms with Crippen LogP contribution in [-0.4, -0.2) is 53.3 Å². The van der Waals surface area contributed by atoms with Gasteiger partial charge in [-0.05, 0) is 35.1 Å². The van der Waals surface area contributed by atoms with Gasteiger partial charge in [0.2, 0.25) is 11.8 Å². The molecule has 1 heterocycles. The molecule has 37 heavy (non-hydrogen) atoms. The number of nitrogens with zero attached hydrogens (tertiary/aromatic N) is 2. The Kier molecular flexibility index (Phi) is 9.43. The minimum atomic E-state index is -0.653. The molecule has 3 aromatic rings. The molecule has 2 atom stereocenters. The Hall–Kier alpha value is -3.52. The van der Waals surface area contributed by atoms with Crippen molar-refractivity contribution < 1.29 is 9.59 Å². The summed E-state index contributed by atoms with van der Waals surface area (Å²) in [5.74, 6) is -0.327. The van der Waals surface area contributed by atoms with Crippen molar-refractivity contribution in [2.45, 2.75) is 44.6 Å². The number of rotatable bonds is 10. The predicted octanol–water partition coefficient (Wildman–Crippen LogP) is 2.43. The van der Waals surface area contributed by atoms with Crippen LogP contribution in [-0.2, 0) is 35.6 Å². The van der Waals surface area contributed by atoms with E-state index in [0.29, 0.717) is 39.1 Å². The van der Waals surface area contributed by atoms with Crippen molar-refractivity contribution in [3.63, 3.8) is 0 Å². The topological polar surface area (TPSA) is 105 Å². The minimum Gasteiger partial charge on any atom is -0.350 e. The highest BCUT2D eigenvalue weighted by Crippen LogP contribution is 2.17. The second-order valence-electron chi connectivity index (χ2n) is 9.64. The number of carbonyl (C=O) groups is 2. The van der Waals surface area contributed by atoms with Crippen LogP contribution >= 0.6 is 0 Å². The monoisotopic (exact) mass is 499 g/mol. The number of piperazine rings is 1. The van der Waals surface area contributed by atoms with Crippen molar-refractivity contribution in [2.24, 2.45) is 11.5 Å². The Morgan fingerprint density at radius 1 is 0.838 bits per heavy atom. The molecule has 0 radical (unpaired) electrons. The van der Waals surface area contributed by atoms with Gasteiger partial charge in [0.05, 0.1) is 6.04 Å². The fraction of sp³-hybridized carbons (Fsp3) is 0.333. The first-order chi connectivity index (χ1) is 18.0. The molecular weight excluding hydrogens is 462 g/mol. The van der Waals surface area contributed by atoms with Gasteiger partial charge >= 0.3 is 0 Å². The van der Waals surface area contributed by atoms with Crippen LogP contribution in [0.1, 0.15) is 28.7 Å². The Morgan fingerprint density at radius 3 is 2.11 bits per heavy atom. The zero-order valence-electron chi connectivity index (χ0n) is 21.3. The van der Waals surface area contributed by atoms with Crippen molar-refractivity contribution in [1.29, 1.82) is 0 Å². The van der Waals surface area contributed by atoms with Crippen LogP contribution in [0.4, 0.5) is 0 Å². The summed E-state index contributed by atoms with van der Waals surface area (Å²) in [5, 5.41) is 3.04. The lowest BCUT2D eigenvalue weighted by Gasteiger charge is -2.41. The first-order valence-corrected chi connectivity index (χ1v) is 13.0. The lowest BCUT2D eigenvalue weighted by atomic mass is 10.0. The molecular formula is C30H37N5O2. The molecule has 3 aromatic carbocycles. The quantitative estimate of drug-likeness (QED) is 0.397.